The summed E-state index contributed by atoms with van der Waals surface area (Å²) in [5, 5.41) is 15.5. The Kier molecular flexibility index (Phi) is 5.91. The third kappa shape index (κ3) is 4.23. The van der Waals surface area contributed by atoms with Gasteiger partial charge in [-0.25, -0.2) is 0 Å². The summed E-state index contributed by atoms with van der Waals surface area (Å²) in [6.07, 6.45) is 1.94. The van der Waals surface area contributed by atoms with Gasteiger partial charge in [-0.3, -0.25) is 9.39 Å². The Bertz CT molecular complexity index is 908. The largest absolute Gasteiger partial charge is 0.493 e. The number of hydrogen-bond acceptors (Lipinski definition) is 4. The van der Waals surface area contributed by atoms with E-state index in [4.69, 9.17) is 16.3 Å². The zero-order valence-corrected chi connectivity index (χ0v) is 15.5. The minimum atomic E-state index is 0.504. The van der Waals surface area contributed by atoms with E-state index >= 15 is 0 Å². The van der Waals surface area contributed by atoms with Gasteiger partial charge in [0.15, 0.2) is 17.4 Å². The predicted molar refractivity (Wildman–Crippen MR) is 103 cm³/mol. The zero-order valence-electron chi connectivity index (χ0n) is 14.7. The number of nitrogens with zero attached hydrogens (tertiary/aromatic N) is 4. The molecule has 26 heavy (non-hydrogen) atoms. The number of aliphatic imine (C=N–C) groups is 1. The number of guanidine groups is 1. The number of benzene rings is 1. The predicted octanol–water partition coefficient (Wildman–Crippen LogP) is 2.65. The second-order valence-corrected chi connectivity index (χ2v) is 5.95. The highest BCUT2D eigenvalue weighted by atomic mass is 35.5. The summed E-state index contributed by atoms with van der Waals surface area (Å²) in [5.74, 6) is 2.24. The molecule has 0 spiro atoms. The van der Waals surface area contributed by atoms with Crippen molar-refractivity contribution < 1.29 is 4.74 Å². The van der Waals surface area contributed by atoms with Gasteiger partial charge in [-0.15, -0.1) is 10.2 Å². The van der Waals surface area contributed by atoms with Crippen LogP contribution in [0.5, 0.6) is 5.75 Å². The van der Waals surface area contributed by atoms with Crippen molar-refractivity contribution in [3.8, 4) is 5.75 Å². The number of pyridine rings is 1. The smallest absolute Gasteiger partial charge is 0.191 e. The van der Waals surface area contributed by atoms with Crippen LogP contribution in [-0.2, 0) is 13.1 Å². The van der Waals surface area contributed by atoms with Crippen molar-refractivity contribution in [3.63, 3.8) is 0 Å². The maximum atomic E-state index is 6.05. The van der Waals surface area contributed by atoms with Crippen LogP contribution in [-0.4, -0.2) is 34.2 Å². The van der Waals surface area contributed by atoms with E-state index in [9.17, 15) is 0 Å². The maximum Gasteiger partial charge on any atom is 0.191 e. The average molecular weight is 373 g/mol. The first-order chi connectivity index (χ1) is 12.7. The third-order valence-corrected chi connectivity index (χ3v) is 4.03. The van der Waals surface area contributed by atoms with Gasteiger partial charge in [0.25, 0.3) is 0 Å². The lowest BCUT2D eigenvalue weighted by atomic mass is 10.2. The Morgan fingerprint density at radius 3 is 2.85 bits per heavy atom. The van der Waals surface area contributed by atoms with E-state index in [1.165, 1.54) is 0 Å². The van der Waals surface area contributed by atoms with Gasteiger partial charge in [-0.05, 0) is 31.2 Å². The van der Waals surface area contributed by atoms with Crippen LogP contribution in [0.25, 0.3) is 5.65 Å². The topological polar surface area (TPSA) is 75.8 Å². The van der Waals surface area contributed by atoms with Gasteiger partial charge >= 0.3 is 0 Å². The van der Waals surface area contributed by atoms with Gasteiger partial charge in [0, 0.05) is 30.4 Å². The minimum absolute atomic E-state index is 0.504. The van der Waals surface area contributed by atoms with Crippen LogP contribution in [0, 0.1) is 0 Å². The Hall–Kier alpha value is -2.80. The van der Waals surface area contributed by atoms with Crippen molar-refractivity contribution in [1.82, 2.24) is 25.2 Å². The lowest BCUT2D eigenvalue weighted by molar-refractivity contribution is 0.336. The summed E-state index contributed by atoms with van der Waals surface area (Å²) in [4.78, 5) is 4.25. The first-order valence-electron chi connectivity index (χ1n) is 8.35. The van der Waals surface area contributed by atoms with Crippen LogP contribution in [0.2, 0.25) is 5.02 Å². The number of hydrogen-bond donors (Lipinski definition) is 2. The molecule has 0 atom stereocenters. The number of nitrogens with one attached hydrogen (secondary N) is 2. The van der Waals surface area contributed by atoms with E-state index in [0.717, 1.165) is 22.8 Å². The van der Waals surface area contributed by atoms with Gasteiger partial charge in [-0.2, -0.15) is 0 Å². The standard InChI is InChI=1S/C18H21ClN6O/c1-3-26-15-10-14(19)8-7-13(15)11-21-18(20-2)22-12-17-24-23-16-6-4-5-9-25(16)17/h4-10H,3,11-12H2,1-2H3,(H2,20,21,22). The van der Waals surface area contributed by atoms with Crippen LogP contribution in [0.15, 0.2) is 47.6 Å². The molecule has 0 radical (unpaired) electrons. The molecule has 3 aromatic rings. The third-order valence-electron chi connectivity index (χ3n) is 3.80. The van der Waals surface area contributed by atoms with Gasteiger partial charge in [-0.1, -0.05) is 23.7 Å². The van der Waals surface area contributed by atoms with Gasteiger partial charge in [0.2, 0.25) is 0 Å². The summed E-state index contributed by atoms with van der Waals surface area (Å²) in [6.45, 7) is 3.60. The lowest BCUT2D eigenvalue weighted by Crippen LogP contribution is -2.36. The van der Waals surface area contributed by atoms with Gasteiger partial charge in [0.05, 0.1) is 13.2 Å². The normalized spacial score (nSPS) is 11.6. The summed E-state index contributed by atoms with van der Waals surface area (Å²) in [7, 11) is 1.72. The molecule has 7 nitrogen and oxygen atoms in total. The molecule has 8 heteroatoms. The molecule has 0 aliphatic rings. The van der Waals surface area contributed by atoms with Crippen molar-refractivity contribution >= 4 is 23.2 Å². The van der Waals surface area contributed by atoms with E-state index in [1.807, 2.05) is 53.9 Å². The van der Waals surface area contributed by atoms with Crippen molar-refractivity contribution in [1.29, 1.82) is 0 Å². The van der Waals surface area contributed by atoms with Crippen molar-refractivity contribution in [2.45, 2.75) is 20.0 Å². The van der Waals surface area contributed by atoms with E-state index < -0.39 is 0 Å². The minimum Gasteiger partial charge on any atom is -0.493 e. The molecule has 0 fully saturated rings. The summed E-state index contributed by atoms with van der Waals surface area (Å²) < 4.78 is 7.58. The first-order valence-corrected chi connectivity index (χ1v) is 8.73. The van der Waals surface area contributed by atoms with Crippen molar-refractivity contribution in [2.24, 2.45) is 4.99 Å². The summed E-state index contributed by atoms with van der Waals surface area (Å²) in [6, 6.07) is 11.4. The Morgan fingerprint density at radius 1 is 1.19 bits per heavy atom. The molecule has 2 aromatic heterocycles. The lowest BCUT2D eigenvalue weighted by Gasteiger charge is -2.14. The Labute approximate surface area is 157 Å². The maximum absolute atomic E-state index is 6.05. The molecule has 0 saturated heterocycles. The molecule has 0 unspecified atom stereocenters. The molecular weight excluding hydrogens is 352 g/mol. The number of fused-ring (bicyclic) bond motifs is 1. The number of rotatable bonds is 6. The molecular formula is C18H21ClN6O. The molecule has 1 aromatic carbocycles. The quantitative estimate of drug-likeness (QED) is 0.514. The molecule has 2 heterocycles. The molecule has 136 valence electrons. The zero-order chi connectivity index (χ0) is 18.4. The van der Waals surface area contributed by atoms with Crippen molar-refractivity contribution in [3.05, 3.63) is 59.0 Å². The molecule has 2 N–H and O–H groups in total. The molecule has 0 aliphatic carbocycles. The fraction of sp³-hybridized carbons (Fsp3) is 0.278. The highest BCUT2D eigenvalue weighted by molar-refractivity contribution is 6.30. The highest BCUT2D eigenvalue weighted by Crippen LogP contribution is 2.23. The van der Waals surface area contributed by atoms with Crippen LogP contribution in [0.4, 0.5) is 0 Å². The van der Waals surface area contributed by atoms with Crippen LogP contribution in [0.3, 0.4) is 0 Å². The molecule has 0 bridgehead atoms. The van der Waals surface area contributed by atoms with Gasteiger partial charge in [0.1, 0.15) is 5.75 Å². The summed E-state index contributed by atoms with van der Waals surface area (Å²) >= 11 is 6.05. The first kappa shape index (κ1) is 18.0. The molecule has 3 rings (SSSR count). The van der Waals surface area contributed by atoms with Crippen LogP contribution in [0.1, 0.15) is 18.3 Å². The second-order valence-electron chi connectivity index (χ2n) is 5.51. The van der Waals surface area contributed by atoms with E-state index in [0.29, 0.717) is 30.7 Å². The SMILES string of the molecule is CCOc1cc(Cl)ccc1CNC(=NC)NCc1nnc2ccccn12. The molecule has 0 aliphatic heterocycles. The number of halogens is 1. The fourth-order valence-corrected chi connectivity index (χ4v) is 2.70. The van der Waals surface area contributed by atoms with E-state index in [1.54, 1.807) is 7.05 Å². The Balaban J connectivity index is 1.62. The summed E-state index contributed by atoms with van der Waals surface area (Å²) in [5.41, 5.74) is 1.82. The van der Waals surface area contributed by atoms with Crippen molar-refractivity contribution in [2.75, 3.05) is 13.7 Å². The van der Waals surface area contributed by atoms with E-state index in [2.05, 4.69) is 25.8 Å². The average Bonchev–Trinajstić information content (AvgIpc) is 3.07. The molecule has 0 amide bonds. The van der Waals surface area contributed by atoms with Gasteiger partial charge < -0.3 is 15.4 Å². The Morgan fingerprint density at radius 2 is 2.04 bits per heavy atom. The number of aromatic nitrogens is 3. The van der Waals surface area contributed by atoms with Crippen LogP contribution < -0.4 is 15.4 Å². The fourth-order valence-electron chi connectivity index (χ4n) is 2.54. The molecule has 0 saturated carbocycles. The van der Waals surface area contributed by atoms with E-state index in [-0.39, 0.29) is 0 Å². The highest BCUT2D eigenvalue weighted by Gasteiger charge is 2.08. The monoisotopic (exact) mass is 372 g/mol. The second kappa shape index (κ2) is 8.53. The number of ether oxygens (including phenoxy) is 1. The van der Waals surface area contributed by atoms with Crippen LogP contribution >= 0.6 is 11.6 Å².